The van der Waals surface area contributed by atoms with Crippen LogP contribution in [0.25, 0.3) is 11.1 Å². The summed E-state index contributed by atoms with van der Waals surface area (Å²) in [4.78, 5) is 20.9. The van der Waals surface area contributed by atoms with E-state index in [4.69, 9.17) is 4.74 Å². The van der Waals surface area contributed by atoms with E-state index < -0.39 is 17.0 Å². The fraction of sp³-hybridized carbons (Fsp3) is 0.238. The smallest absolute Gasteiger partial charge is 0.270 e. The summed E-state index contributed by atoms with van der Waals surface area (Å²) in [5.41, 5.74) is 3.39. The molecule has 0 spiro atoms. The van der Waals surface area contributed by atoms with E-state index >= 15 is 0 Å². The molecule has 7 nitrogen and oxygen atoms in total. The third-order valence-corrected chi connectivity index (χ3v) is 4.98. The molecule has 1 aliphatic heterocycles. The van der Waals surface area contributed by atoms with Crippen molar-refractivity contribution in [2.75, 3.05) is 24.6 Å². The Morgan fingerprint density at radius 2 is 2.00 bits per heavy atom. The monoisotopic (exact) mass is 394 g/mol. The number of hydrogen-bond donors (Lipinski definition) is 0. The molecule has 1 saturated heterocycles. The van der Waals surface area contributed by atoms with Crippen molar-refractivity contribution in [2.24, 2.45) is 0 Å². The van der Waals surface area contributed by atoms with Crippen molar-refractivity contribution in [3.8, 4) is 11.1 Å². The maximum Gasteiger partial charge on any atom is 0.270 e. The van der Waals surface area contributed by atoms with Gasteiger partial charge in [-0.1, -0.05) is 6.07 Å². The Morgan fingerprint density at radius 3 is 2.76 bits per heavy atom. The zero-order valence-electron chi connectivity index (χ0n) is 15.8. The Kier molecular flexibility index (Phi) is 5.18. The van der Waals surface area contributed by atoms with E-state index in [1.807, 2.05) is 19.1 Å². The summed E-state index contributed by atoms with van der Waals surface area (Å²) in [6.07, 6.45) is 3.04. The summed E-state index contributed by atoms with van der Waals surface area (Å²) in [5.74, 6) is -0.645. The van der Waals surface area contributed by atoms with Crippen molar-refractivity contribution in [2.45, 2.75) is 13.0 Å². The summed E-state index contributed by atoms with van der Waals surface area (Å²) in [6, 6.07) is 11.4. The van der Waals surface area contributed by atoms with Gasteiger partial charge in [0.1, 0.15) is 6.10 Å². The normalized spacial score (nSPS) is 16.6. The zero-order chi connectivity index (χ0) is 20.4. The number of non-ortho nitro benzene ring substituents is 1. The number of aryl methyl sites for hydroxylation is 1. The van der Waals surface area contributed by atoms with Crippen molar-refractivity contribution in [1.82, 2.24) is 9.97 Å². The molecular weight excluding hydrogens is 375 g/mol. The lowest BCUT2D eigenvalue weighted by Gasteiger charge is -2.34. The Bertz CT molecular complexity index is 1050. The van der Waals surface area contributed by atoms with Gasteiger partial charge in [-0.25, -0.2) is 4.98 Å². The Labute approximate surface area is 166 Å². The number of rotatable bonds is 4. The molecule has 0 radical (unpaired) electrons. The highest BCUT2D eigenvalue weighted by Gasteiger charge is 2.25. The van der Waals surface area contributed by atoms with Crippen molar-refractivity contribution in [1.29, 1.82) is 0 Å². The summed E-state index contributed by atoms with van der Waals surface area (Å²) in [7, 11) is 0. The highest BCUT2D eigenvalue weighted by molar-refractivity contribution is 5.70. The number of nitro groups is 1. The largest absolute Gasteiger partial charge is 0.368 e. The van der Waals surface area contributed by atoms with Gasteiger partial charge in [0, 0.05) is 49.4 Å². The molecule has 3 heterocycles. The van der Waals surface area contributed by atoms with Crippen LogP contribution in [0.15, 0.2) is 54.9 Å². The second-order valence-corrected chi connectivity index (χ2v) is 6.87. The molecule has 29 heavy (non-hydrogen) atoms. The predicted octanol–water partition coefficient (Wildman–Crippen LogP) is 4.08. The second kappa shape index (κ2) is 7.92. The number of aromatic nitrogens is 2. The summed E-state index contributed by atoms with van der Waals surface area (Å²) in [6.45, 7) is 3.55. The molecule has 3 aromatic rings. The van der Waals surface area contributed by atoms with Crippen molar-refractivity contribution in [3.63, 3.8) is 0 Å². The lowest BCUT2D eigenvalue weighted by molar-refractivity contribution is -0.384. The molecule has 4 rings (SSSR count). The first-order valence-corrected chi connectivity index (χ1v) is 9.21. The molecule has 148 valence electrons. The second-order valence-electron chi connectivity index (χ2n) is 6.87. The minimum atomic E-state index is -0.645. The highest BCUT2D eigenvalue weighted by Crippen LogP contribution is 2.31. The van der Waals surface area contributed by atoms with Crippen molar-refractivity contribution < 1.29 is 14.1 Å². The minimum Gasteiger partial charge on any atom is -0.368 e. The van der Waals surface area contributed by atoms with E-state index in [-0.39, 0.29) is 5.69 Å². The predicted molar refractivity (Wildman–Crippen MR) is 106 cm³/mol. The van der Waals surface area contributed by atoms with E-state index in [0.29, 0.717) is 36.5 Å². The van der Waals surface area contributed by atoms with Crippen molar-refractivity contribution >= 4 is 11.4 Å². The van der Waals surface area contributed by atoms with Gasteiger partial charge in [0.05, 0.1) is 17.2 Å². The number of halogens is 1. The van der Waals surface area contributed by atoms with E-state index in [0.717, 1.165) is 11.3 Å². The first-order valence-electron chi connectivity index (χ1n) is 9.21. The van der Waals surface area contributed by atoms with Gasteiger partial charge in [-0.2, -0.15) is 4.39 Å². The molecule has 8 heteroatoms. The van der Waals surface area contributed by atoms with Crippen LogP contribution in [0.3, 0.4) is 0 Å². The molecule has 1 atom stereocenters. The molecule has 0 N–H and O–H groups in total. The first kappa shape index (κ1) is 18.9. The van der Waals surface area contributed by atoms with E-state index in [2.05, 4.69) is 14.9 Å². The Hall–Kier alpha value is -3.39. The summed E-state index contributed by atoms with van der Waals surface area (Å²) >= 11 is 0. The number of morpholine rings is 1. The van der Waals surface area contributed by atoms with Crippen LogP contribution in [-0.2, 0) is 4.74 Å². The number of pyridine rings is 2. The molecule has 1 fully saturated rings. The molecular formula is C21H19FN4O3. The summed E-state index contributed by atoms with van der Waals surface area (Å²) in [5, 5.41) is 11.1. The number of hydrogen-bond acceptors (Lipinski definition) is 6. The fourth-order valence-electron chi connectivity index (χ4n) is 3.49. The maximum absolute atomic E-state index is 14.4. The van der Waals surface area contributed by atoms with E-state index in [1.54, 1.807) is 24.5 Å². The lowest BCUT2D eigenvalue weighted by atomic mass is 9.99. The molecule has 0 saturated carbocycles. The lowest BCUT2D eigenvalue weighted by Crippen LogP contribution is -2.38. The van der Waals surface area contributed by atoms with Gasteiger partial charge in [-0.3, -0.25) is 15.1 Å². The Balaban J connectivity index is 1.67. The van der Waals surface area contributed by atoms with Gasteiger partial charge in [0.2, 0.25) is 5.95 Å². The van der Waals surface area contributed by atoms with Crippen LogP contribution >= 0.6 is 0 Å². The first-order chi connectivity index (χ1) is 14.0. The van der Waals surface area contributed by atoms with Crippen LogP contribution in [0, 0.1) is 23.0 Å². The number of nitrogens with zero attached hydrogens (tertiary/aromatic N) is 4. The average Bonchev–Trinajstić information content (AvgIpc) is 2.74. The molecule has 1 aliphatic rings. The maximum atomic E-state index is 14.4. The molecule has 2 aromatic heterocycles. The number of benzene rings is 1. The molecule has 0 bridgehead atoms. The quantitative estimate of drug-likeness (QED) is 0.377. The number of nitro benzene ring substituents is 1. The molecule has 0 amide bonds. The Morgan fingerprint density at radius 1 is 1.21 bits per heavy atom. The van der Waals surface area contributed by atoms with Crippen LogP contribution in [0.1, 0.15) is 17.4 Å². The van der Waals surface area contributed by atoms with Crippen LogP contribution in [0.5, 0.6) is 0 Å². The van der Waals surface area contributed by atoms with Gasteiger partial charge in [0.15, 0.2) is 0 Å². The standard InChI is InChI=1S/C21H19FN4O3/c1-14-2-3-17(26(27)28)12-18(14)15-10-19(24-21(22)11-15)20-13-25(8-9-29-20)16-4-6-23-7-5-16/h2-7,10-12,20H,8-9,13H2,1H3. The van der Waals surface area contributed by atoms with Crippen LogP contribution in [-0.4, -0.2) is 34.6 Å². The minimum absolute atomic E-state index is 0.0397. The number of ether oxygens (including phenoxy) is 1. The summed E-state index contributed by atoms with van der Waals surface area (Å²) < 4.78 is 20.2. The van der Waals surface area contributed by atoms with Gasteiger partial charge in [-0.05, 0) is 41.8 Å². The zero-order valence-corrected chi connectivity index (χ0v) is 15.8. The van der Waals surface area contributed by atoms with Gasteiger partial charge in [0.25, 0.3) is 5.69 Å². The van der Waals surface area contributed by atoms with Gasteiger partial charge < -0.3 is 9.64 Å². The third-order valence-electron chi connectivity index (χ3n) is 4.98. The fourth-order valence-corrected chi connectivity index (χ4v) is 3.49. The van der Waals surface area contributed by atoms with Gasteiger partial charge >= 0.3 is 0 Å². The SMILES string of the molecule is Cc1ccc([N+](=O)[O-])cc1-c1cc(F)nc(C2CN(c3ccncc3)CCO2)c1. The highest BCUT2D eigenvalue weighted by atomic mass is 19.1. The van der Waals surface area contributed by atoms with E-state index in [1.165, 1.54) is 18.2 Å². The third kappa shape index (κ3) is 4.07. The molecule has 1 unspecified atom stereocenters. The van der Waals surface area contributed by atoms with Gasteiger partial charge in [-0.15, -0.1) is 0 Å². The number of anilines is 1. The van der Waals surface area contributed by atoms with E-state index in [9.17, 15) is 14.5 Å². The van der Waals surface area contributed by atoms with Crippen LogP contribution in [0.4, 0.5) is 15.8 Å². The average molecular weight is 394 g/mol. The molecule has 0 aliphatic carbocycles. The van der Waals surface area contributed by atoms with Crippen LogP contribution in [0.2, 0.25) is 0 Å². The van der Waals surface area contributed by atoms with Crippen molar-refractivity contribution in [3.05, 3.63) is 82.2 Å². The van der Waals surface area contributed by atoms with Crippen LogP contribution < -0.4 is 4.90 Å². The topological polar surface area (TPSA) is 81.4 Å². The molecule has 1 aromatic carbocycles.